The van der Waals surface area contributed by atoms with Crippen LogP contribution >= 0.6 is 11.6 Å². The molecule has 0 amide bonds. The second-order valence-corrected chi connectivity index (χ2v) is 7.66. The Morgan fingerprint density at radius 3 is 2.62 bits per heavy atom. The number of carbonyl (C=O) groups is 1. The Hall–Kier alpha value is -4.17. The number of non-ortho nitro benzene ring substituents is 1. The van der Waals surface area contributed by atoms with Crippen molar-refractivity contribution in [2.45, 2.75) is 6.42 Å². The number of nitrogens with zero attached hydrogens (tertiary/aromatic N) is 2. The van der Waals surface area contributed by atoms with Gasteiger partial charge in [0.15, 0.2) is 17.2 Å². The highest BCUT2D eigenvalue weighted by atomic mass is 35.5. The van der Waals surface area contributed by atoms with Crippen LogP contribution in [0.3, 0.4) is 0 Å². The van der Waals surface area contributed by atoms with Gasteiger partial charge in [-0.25, -0.2) is 9.79 Å². The van der Waals surface area contributed by atoms with E-state index in [4.69, 9.17) is 25.8 Å². The lowest BCUT2D eigenvalue weighted by atomic mass is 10.1. The van der Waals surface area contributed by atoms with Gasteiger partial charge in [0.1, 0.15) is 0 Å². The van der Waals surface area contributed by atoms with E-state index in [9.17, 15) is 14.9 Å². The lowest BCUT2D eigenvalue weighted by Crippen LogP contribution is -2.06. The fourth-order valence-electron chi connectivity index (χ4n) is 3.29. The van der Waals surface area contributed by atoms with E-state index in [0.717, 1.165) is 6.42 Å². The molecule has 0 radical (unpaired) electrons. The standard InChI is InChI=1S/C25H19ClN2O6/c1-32-23-14-17(7-10-22(23)33-12-11-16-5-3-2-4-6-16)13-21-25(29)34-24(27-21)19-15-18(28(30)31)8-9-20(19)26/h2-10,13-15H,11-12H2,1H3/b21-13-. The summed E-state index contributed by atoms with van der Waals surface area (Å²) in [6, 6.07) is 19.0. The van der Waals surface area contributed by atoms with Crippen LogP contribution in [0.2, 0.25) is 5.02 Å². The maximum atomic E-state index is 12.4. The van der Waals surface area contributed by atoms with Crippen LogP contribution in [-0.2, 0) is 16.0 Å². The molecular weight excluding hydrogens is 460 g/mol. The molecule has 0 saturated heterocycles. The number of hydrogen-bond acceptors (Lipinski definition) is 7. The highest BCUT2D eigenvalue weighted by Crippen LogP contribution is 2.31. The van der Waals surface area contributed by atoms with Crippen LogP contribution in [0.4, 0.5) is 5.69 Å². The number of cyclic esters (lactones) is 1. The summed E-state index contributed by atoms with van der Waals surface area (Å²) >= 11 is 6.13. The van der Waals surface area contributed by atoms with Crippen molar-refractivity contribution in [3.8, 4) is 11.5 Å². The first kappa shape index (κ1) is 23.0. The predicted molar refractivity (Wildman–Crippen MR) is 127 cm³/mol. The lowest BCUT2D eigenvalue weighted by Gasteiger charge is -2.11. The molecule has 0 fully saturated rings. The van der Waals surface area contributed by atoms with Crippen molar-refractivity contribution < 1.29 is 23.9 Å². The highest BCUT2D eigenvalue weighted by Gasteiger charge is 2.27. The molecule has 0 aromatic heterocycles. The van der Waals surface area contributed by atoms with E-state index in [0.29, 0.717) is 23.7 Å². The average molecular weight is 479 g/mol. The van der Waals surface area contributed by atoms with E-state index in [1.54, 1.807) is 18.2 Å². The summed E-state index contributed by atoms with van der Waals surface area (Å²) in [5, 5.41) is 11.2. The molecule has 0 bridgehead atoms. The third-order valence-corrected chi connectivity index (χ3v) is 5.32. The molecule has 0 aliphatic carbocycles. The van der Waals surface area contributed by atoms with Gasteiger partial charge < -0.3 is 14.2 Å². The van der Waals surface area contributed by atoms with E-state index in [1.807, 2.05) is 30.3 Å². The third kappa shape index (κ3) is 5.24. The number of rotatable bonds is 8. The van der Waals surface area contributed by atoms with Crippen molar-refractivity contribution in [1.29, 1.82) is 0 Å². The molecule has 4 rings (SSSR count). The number of aliphatic imine (C=N–C) groups is 1. The van der Waals surface area contributed by atoms with Gasteiger partial charge in [-0.3, -0.25) is 10.1 Å². The molecule has 1 aliphatic heterocycles. The minimum absolute atomic E-state index is 0.0253. The number of carbonyl (C=O) groups excluding carboxylic acids is 1. The second kappa shape index (κ2) is 10.2. The van der Waals surface area contributed by atoms with Gasteiger partial charge in [-0.15, -0.1) is 0 Å². The summed E-state index contributed by atoms with van der Waals surface area (Å²) in [5.41, 5.74) is 1.79. The fourth-order valence-corrected chi connectivity index (χ4v) is 3.49. The summed E-state index contributed by atoms with van der Waals surface area (Å²) < 4.78 is 16.5. The van der Waals surface area contributed by atoms with Gasteiger partial charge in [-0.1, -0.05) is 48.0 Å². The maximum Gasteiger partial charge on any atom is 0.363 e. The molecule has 8 nitrogen and oxygen atoms in total. The number of ether oxygens (including phenoxy) is 3. The minimum Gasteiger partial charge on any atom is -0.493 e. The molecule has 3 aromatic rings. The summed E-state index contributed by atoms with van der Waals surface area (Å²) in [4.78, 5) is 27.0. The fraction of sp³-hybridized carbons (Fsp3) is 0.120. The average Bonchev–Trinajstić information content (AvgIpc) is 3.20. The molecule has 0 N–H and O–H groups in total. The molecular formula is C25H19ClN2O6. The predicted octanol–water partition coefficient (Wildman–Crippen LogP) is 5.22. The molecule has 0 saturated carbocycles. The molecule has 0 unspecified atom stereocenters. The highest BCUT2D eigenvalue weighted by molar-refractivity contribution is 6.34. The number of methoxy groups -OCH3 is 1. The van der Waals surface area contributed by atoms with Crippen LogP contribution in [-0.4, -0.2) is 30.5 Å². The molecule has 9 heteroatoms. The molecule has 34 heavy (non-hydrogen) atoms. The summed E-state index contributed by atoms with van der Waals surface area (Å²) in [6.07, 6.45) is 2.27. The first-order valence-electron chi connectivity index (χ1n) is 10.3. The normalized spacial score (nSPS) is 14.0. The minimum atomic E-state index is -0.695. The lowest BCUT2D eigenvalue weighted by molar-refractivity contribution is -0.384. The molecule has 0 spiro atoms. The number of benzene rings is 3. The van der Waals surface area contributed by atoms with Crippen molar-refractivity contribution in [2.24, 2.45) is 4.99 Å². The Kier molecular flexibility index (Phi) is 6.89. The Labute approximate surface area is 200 Å². The largest absolute Gasteiger partial charge is 0.493 e. The van der Waals surface area contributed by atoms with Crippen molar-refractivity contribution in [1.82, 2.24) is 0 Å². The quantitative estimate of drug-likeness (QED) is 0.190. The zero-order valence-electron chi connectivity index (χ0n) is 18.1. The van der Waals surface area contributed by atoms with Crippen LogP contribution < -0.4 is 9.47 Å². The van der Waals surface area contributed by atoms with Crippen LogP contribution in [0, 0.1) is 10.1 Å². The van der Waals surface area contributed by atoms with Crippen LogP contribution in [0.25, 0.3) is 6.08 Å². The zero-order valence-corrected chi connectivity index (χ0v) is 18.8. The van der Waals surface area contributed by atoms with Gasteiger partial charge in [-0.2, -0.15) is 0 Å². The number of nitro groups is 1. The number of hydrogen-bond donors (Lipinski definition) is 0. The van der Waals surface area contributed by atoms with E-state index in [2.05, 4.69) is 4.99 Å². The Bertz CT molecular complexity index is 1300. The maximum absolute atomic E-state index is 12.4. The summed E-state index contributed by atoms with van der Waals surface area (Å²) in [7, 11) is 1.53. The van der Waals surface area contributed by atoms with Gasteiger partial charge in [0.2, 0.25) is 5.90 Å². The van der Waals surface area contributed by atoms with Crippen molar-refractivity contribution in [3.63, 3.8) is 0 Å². The number of halogens is 1. The number of esters is 1. The monoisotopic (exact) mass is 478 g/mol. The van der Waals surface area contributed by atoms with Gasteiger partial charge >= 0.3 is 5.97 Å². The molecule has 1 aliphatic rings. The zero-order chi connectivity index (χ0) is 24.1. The van der Waals surface area contributed by atoms with Gasteiger partial charge in [0, 0.05) is 18.6 Å². The van der Waals surface area contributed by atoms with E-state index in [1.165, 1.54) is 36.9 Å². The SMILES string of the molecule is COc1cc(/C=C2\N=C(c3cc([N+](=O)[O-])ccc3Cl)OC2=O)ccc1OCCc1ccccc1. The van der Waals surface area contributed by atoms with Crippen LogP contribution in [0.5, 0.6) is 11.5 Å². The van der Waals surface area contributed by atoms with Crippen LogP contribution in [0.1, 0.15) is 16.7 Å². The third-order valence-electron chi connectivity index (χ3n) is 4.99. The topological polar surface area (TPSA) is 100 Å². The van der Waals surface area contributed by atoms with Crippen LogP contribution in [0.15, 0.2) is 77.4 Å². The number of nitro benzene ring substituents is 1. The summed E-state index contributed by atoms with van der Waals surface area (Å²) in [6.45, 7) is 0.477. The van der Waals surface area contributed by atoms with Gasteiger partial charge in [0.25, 0.3) is 5.69 Å². The molecule has 172 valence electrons. The molecule has 0 atom stereocenters. The van der Waals surface area contributed by atoms with Gasteiger partial charge in [-0.05, 0) is 35.4 Å². The van der Waals surface area contributed by atoms with E-state index in [-0.39, 0.29) is 27.9 Å². The Balaban J connectivity index is 1.53. The Morgan fingerprint density at radius 1 is 1.09 bits per heavy atom. The van der Waals surface area contributed by atoms with Crippen molar-refractivity contribution in [2.75, 3.05) is 13.7 Å². The van der Waals surface area contributed by atoms with Crippen molar-refractivity contribution in [3.05, 3.63) is 104 Å². The van der Waals surface area contributed by atoms with E-state index < -0.39 is 10.9 Å². The van der Waals surface area contributed by atoms with Crippen molar-refractivity contribution >= 4 is 35.2 Å². The van der Waals surface area contributed by atoms with E-state index >= 15 is 0 Å². The first-order chi connectivity index (χ1) is 16.4. The first-order valence-corrected chi connectivity index (χ1v) is 10.6. The molecule has 1 heterocycles. The molecule has 3 aromatic carbocycles. The smallest absolute Gasteiger partial charge is 0.363 e. The Morgan fingerprint density at radius 2 is 1.88 bits per heavy atom. The summed E-state index contributed by atoms with van der Waals surface area (Å²) in [5.74, 6) is 0.277. The van der Waals surface area contributed by atoms with Gasteiger partial charge in [0.05, 0.1) is 29.2 Å². The second-order valence-electron chi connectivity index (χ2n) is 7.25.